The fraction of sp³-hybridized carbons (Fsp3) is 0. The zero-order chi connectivity index (χ0) is 10.6. The van der Waals surface area contributed by atoms with Crippen molar-refractivity contribution in [3.63, 3.8) is 0 Å². The molecule has 0 spiro atoms. The summed E-state index contributed by atoms with van der Waals surface area (Å²) in [7, 11) is 0. The highest BCUT2D eigenvalue weighted by molar-refractivity contribution is 9.10. The van der Waals surface area contributed by atoms with Gasteiger partial charge in [0.25, 0.3) is 0 Å². The molecule has 2 amide bonds. The molecule has 3 N–H and O–H groups in total. The van der Waals surface area contributed by atoms with Crippen molar-refractivity contribution in [3.8, 4) is 0 Å². The molecular weight excluding hydrogens is 253 g/mol. The van der Waals surface area contributed by atoms with E-state index in [4.69, 9.17) is 5.73 Å². The van der Waals surface area contributed by atoms with Crippen LogP contribution in [0.25, 0.3) is 0 Å². The number of primary amides is 1. The molecule has 14 heavy (non-hydrogen) atoms. The minimum Gasteiger partial charge on any atom is -0.350 e. The molecule has 0 aliphatic heterocycles. The maximum Gasteiger partial charge on any atom is 0.332 e. The van der Waals surface area contributed by atoms with Crippen LogP contribution < -0.4 is 11.2 Å². The van der Waals surface area contributed by atoms with Crippen LogP contribution in [-0.4, -0.2) is 12.2 Å². The number of benzene rings is 1. The highest BCUT2D eigenvalue weighted by Gasteiger charge is 2.02. The smallest absolute Gasteiger partial charge is 0.332 e. The van der Waals surface area contributed by atoms with Gasteiger partial charge in [-0.3, -0.25) is 0 Å². The van der Waals surface area contributed by atoms with E-state index >= 15 is 0 Å². The molecule has 6 heteroatoms. The number of nitrogens with zero attached hydrogens (tertiary/aromatic N) is 1. The summed E-state index contributed by atoms with van der Waals surface area (Å²) in [5.74, 6) is -0.436. The number of nitrogens with two attached hydrogens (primary N) is 1. The molecule has 0 aliphatic carbocycles. The van der Waals surface area contributed by atoms with E-state index in [1.807, 2.05) is 5.43 Å². The van der Waals surface area contributed by atoms with E-state index in [1.165, 1.54) is 12.3 Å². The van der Waals surface area contributed by atoms with Crippen molar-refractivity contribution >= 4 is 28.2 Å². The number of carbonyl (C=O) groups is 1. The number of amides is 2. The molecule has 0 bridgehead atoms. The molecule has 0 fully saturated rings. The highest BCUT2D eigenvalue weighted by Crippen LogP contribution is 2.17. The first-order valence-corrected chi connectivity index (χ1v) is 4.43. The number of urea groups is 1. The average molecular weight is 260 g/mol. The zero-order valence-corrected chi connectivity index (χ0v) is 8.58. The first-order valence-electron chi connectivity index (χ1n) is 3.64. The van der Waals surface area contributed by atoms with Crippen LogP contribution in [0.15, 0.2) is 27.8 Å². The summed E-state index contributed by atoms with van der Waals surface area (Å²) in [4.78, 5) is 10.3. The molecule has 74 valence electrons. The van der Waals surface area contributed by atoms with Gasteiger partial charge in [0.15, 0.2) is 0 Å². The summed E-state index contributed by atoms with van der Waals surface area (Å²) in [6.07, 6.45) is 1.17. The third-order valence-electron chi connectivity index (χ3n) is 1.37. The number of hydrogen-bond donors (Lipinski definition) is 2. The van der Waals surface area contributed by atoms with Crippen molar-refractivity contribution in [1.82, 2.24) is 5.43 Å². The number of nitrogens with one attached hydrogen (secondary N) is 1. The molecular formula is C8H7BrFN3O. The number of hydrogen-bond acceptors (Lipinski definition) is 2. The van der Waals surface area contributed by atoms with Crippen molar-refractivity contribution in [2.24, 2.45) is 10.8 Å². The summed E-state index contributed by atoms with van der Waals surface area (Å²) in [6.45, 7) is 0. The van der Waals surface area contributed by atoms with Crippen molar-refractivity contribution in [2.75, 3.05) is 0 Å². The number of rotatable bonds is 2. The lowest BCUT2D eigenvalue weighted by Gasteiger charge is -1.98. The molecule has 0 saturated carbocycles. The Morgan fingerprint density at radius 1 is 1.64 bits per heavy atom. The van der Waals surface area contributed by atoms with E-state index < -0.39 is 11.8 Å². The second kappa shape index (κ2) is 4.71. The van der Waals surface area contributed by atoms with Crippen LogP contribution in [0.4, 0.5) is 9.18 Å². The molecule has 0 atom stereocenters. The van der Waals surface area contributed by atoms with Gasteiger partial charge in [0.2, 0.25) is 0 Å². The normalized spacial score (nSPS) is 10.4. The van der Waals surface area contributed by atoms with E-state index in [-0.39, 0.29) is 5.56 Å². The van der Waals surface area contributed by atoms with Crippen LogP contribution in [0.1, 0.15) is 5.56 Å². The topological polar surface area (TPSA) is 67.5 Å². The van der Waals surface area contributed by atoms with Crippen molar-refractivity contribution in [1.29, 1.82) is 0 Å². The first kappa shape index (κ1) is 10.6. The number of hydrazone groups is 1. The SMILES string of the molecule is NC(=O)NN=Cc1c(F)cccc1Br. The van der Waals surface area contributed by atoms with E-state index in [0.29, 0.717) is 4.47 Å². The lowest BCUT2D eigenvalue weighted by molar-refractivity contribution is 0.249. The minimum atomic E-state index is -0.797. The molecule has 4 nitrogen and oxygen atoms in total. The fourth-order valence-corrected chi connectivity index (χ4v) is 1.24. The molecule has 1 aromatic carbocycles. The summed E-state index contributed by atoms with van der Waals surface area (Å²) in [5.41, 5.74) is 6.98. The van der Waals surface area contributed by atoms with Gasteiger partial charge in [0.05, 0.1) is 6.21 Å². The molecule has 0 aromatic heterocycles. The maximum absolute atomic E-state index is 13.1. The maximum atomic E-state index is 13.1. The first-order chi connectivity index (χ1) is 6.61. The number of halogens is 2. The Bertz CT molecular complexity index is 361. The van der Waals surface area contributed by atoms with E-state index in [1.54, 1.807) is 12.1 Å². The molecule has 0 radical (unpaired) electrons. The van der Waals surface area contributed by atoms with Gasteiger partial charge < -0.3 is 5.73 Å². The Labute approximate surface area is 88.1 Å². The predicted molar refractivity (Wildman–Crippen MR) is 54.4 cm³/mol. The van der Waals surface area contributed by atoms with Crippen LogP contribution in [0, 0.1) is 5.82 Å². The summed E-state index contributed by atoms with van der Waals surface area (Å²) >= 11 is 3.14. The third kappa shape index (κ3) is 2.81. The van der Waals surface area contributed by atoms with Crippen LogP contribution in [0.5, 0.6) is 0 Å². The second-order valence-electron chi connectivity index (χ2n) is 2.37. The molecule has 0 saturated heterocycles. The third-order valence-corrected chi connectivity index (χ3v) is 2.06. The van der Waals surface area contributed by atoms with Crippen molar-refractivity contribution in [3.05, 3.63) is 34.1 Å². The van der Waals surface area contributed by atoms with Crippen LogP contribution >= 0.6 is 15.9 Å². The predicted octanol–water partition coefficient (Wildman–Crippen LogP) is 1.59. The summed E-state index contributed by atoms with van der Waals surface area (Å²) in [6, 6.07) is 3.71. The fourth-order valence-electron chi connectivity index (χ4n) is 0.794. The Morgan fingerprint density at radius 2 is 2.36 bits per heavy atom. The second-order valence-corrected chi connectivity index (χ2v) is 3.22. The lowest BCUT2D eigenvalue weighted by Crippen LogP contribution is -2.24. The Kier molecular flexibility index (Phi) is 3.58. The molecule has 1 aromatic rings. The Hall–Kier alpha value is -1.43. The standard InChI is InChI=1S/C8H7BrFN3O/c9-6-2-1-3-7(10)5(6)4-12-13-8(11)14/h1-4H,(H3,11,13,14). The molecule has 0 heterocycles. The average Bonchev–Trinajstić information content (AvgIpc) is 2.09. The highest BCUT2D eigenvalue weighted by atomic mass is 79.9. The molecule has 0 aliphatic rings. The van der Waals surface area contributed by atoms with E-state index in [0.717, 1.165) is 0 Å². The van der Waals surface area contributed by atoms with Crippen molar-refractivity contribution in [2.45, 2.75) is 0 Å². The lowest BCUT2D eigenvalue weighted by atomic mass is 10.2. The number of carbonyl (C=O) groups excluding carboxylic acids is 1. The van der Waals surface area contributed by atoms with Gasteiger partial charge >= 0.3 is 6.03 Å². The van der Waals surface area contributed by atoms with E-state index in [9.17, 15) is 9.18 Å². The van der Waals surface area contributed by atoms with Crippen LogP contribution in [0.3, 0.4) is 0 Å². The van der Waals surface area contributed by atoms with Gasteiger partial charge in [-0.15, -0.1) is 0 Å². The monoisotopic (exact) mass is 259 g/mol. The van der Waals surface area contributed by atoms with Gasteiger partial charge in [-0.25, -0.2) is 14.6 Å². The van der Waals surface area contributed by atoms with Gasteiger partial charge in [-0.1, -0.05) is 22.0 Å². The van der Waals surface area contributed by atoms with Gasteiger partial charge in [-0.2, -0.15) is 5.10 Å². The summed E-state index contributed by atoms with van der Waals surface area (Å²) in [5, 5.41) is 3.44. The zero-order valence-electron chi connectivity index (χ0n) is 7.00. The quantitative estimate of drug-likeness (QED) is 0.615. The minimum absolute atomic E-state index is 0.251. The summed E-state index contributed by atoms with van der Waals surface area (Å²) < 4.78 is 13.7. The van der Waals surface area contributed by atoms with Crippen LogP contribution in [0.2, 0.25) is 0 Å². The Balaban J connectivity index is 2.85. The van der Waals surface area contributed by atoms with Crippen LogP contribution in [-0.2, 0) is 0 Å². The molecule has 0 unspecified atom stereocenters. The van der Waals surface area contributed by atoms with E-state index in [2.05, 4.69) is 21.0 Å². The van der Waals surface area contributed by atoms with Gasteiger partial charge in [0, 0.05) is 10.0 Å². The van der Waals surface area contributed by atoms with Crippen molar-refractivity contribution < 1.29 is 9.18 Å². The van der Waals surface area contributed by atoms with Gasteiger partial charge in [0.1, 0.15) is 5.82 Å². The largest absolute Gasteiger partial charge is 0.350 e. The van der Waals surface area contributed by atoms with Gasteiger partial charge in [-0.05, 0) is 12.1 Å². The molecule has 1 rings (SSSR count). The Morgan fingerprint density at radius 3 is 2.93 bits per heavy atom.